The van der Waals surface area contributed by atoms with Gasteiger partial charge in [0.1, 0.15) is 12.3 Å². The first-order chi connectivity index (χ1) is 7.59. The number of para-hydroxylation sites is 1. The standard InChI is InChI=1S/C11H13NO4/c1-8(11(15)12-7-10(13)14)16-9-5-3-2-4-6-9/h2-6,8H,7H2,1H3,(H,12,15)(H,13,14)/t8-/m0/s1. The molecule has 86 valence electrons. The van der Waals surface area contributed by atoms with Gasteiger partial charge in [0, 0.05) is 0 Å². The van der Waals surface area contributed by atoms with E-state index in [4.69, 9.17) is 9.84 Å². The highest BCUT2D eigenvalue weighted by molar-refractivity contribution is 5.84. The minimum Gasteiger partial charge on any atom is -0.481 e. The average Bonchev–Trinajstić information content (AvgIpc) is 2.27. The van der Waals surface area contributed by atoms with Crippen LogP contribution in [-0.4, -0.2) is 29.6 Å². The van der Waals surface area contributed by atoms with Crippen LogP contribution in [0.3, 0.4) is 0 Å². The van der Waals surface area contributed by atoms with Gasteiger partial charge >= 0.3 is 5.97 Å². The van der Waals surface area contributed by atoms with Gasteiger partial charge in [-0.2, -0.15) is 0 Å². The lowest BCUT2D eigenvalue weighted by molar-refractivity contribution is -0.139. The number of carboxylic acid groups (broad SMARTS) is 1. The largest absolute Gasteiger partial charge is 0.481 e. The molecule has 5 heteroatoms. The Balaban J connectivity index is 2.43. The fourth-order valence-corrected chi connectivity index (χ4v) is 1.06. The minimum atomic E-state index is -1.08. The van der Waals surface area contributed by atoms with Crippen molar-refractivity contribution in [3.8, 4) is 5.75 Å². The van der Waals surface area contributed by atoms with Crippen molar-refractivity contribution in [2.45, 2.75) is 13.0 Å². The van der Waals surface area contributed by atoms with Gasteiger partial charge in [0.25, 0.3) is 5.91 Å². The SMILES string of the molecule is C[C@H](Oc1ccccc1)C(=O)NCC(=O)O. The van der Waals surface area contributed by atoms with Crippen molar-refractivity contribution in [3.63, 3.8) is 0 Å². The summed E-state index contributed by atoms with van der Waals surface area (Å²) in [6, 6.07) is 8.86. The summed E-state index contributed by atoms with van der Waals surface area (Å²) in [5, 5.41) is 10.6. The van der Waals surface area contributed by atoms with Crippen LogP contribution in [0.25, 0.3) is 0 Å². The summed E-state index contributed by atoms with van der Waals surface area (Å²) >= 11 is 0. The molecule has 0 spiro atoms. The molecule has 0 aliphatic heterocycles. The highest BCUT2D eigenvalue weighted by Gasteiger charge is 2.14. The van der Waals surface area contributed by atoms with Crippen LogP contribution in [0.2, 0.25) is 0 Å². The van der Waals surface area contributed by atoms with Crippen molar-refractivity contribution < 1.29 is 19.4 Å². The summed E-state index contributed by atoms with van der Waals surface area (Å²) in [6.45, 7) is 1.16. The van der Waals surface area contributed by atoms with E-state index in [1.54, 1.807) is 31.2 Å². The second-order valence-electron chi connectivity index (χ2n) is 3.18. The molecule has 1 amide bonds. The maximum absolute atomic E-state index is 11.4. The van der Waals surface area contributed by atoms with Crippen LogP contribution in [0.1, 0.15) is 6.92 Å². The first-order valence-electron chi connectivity index (χ1n) is 4.81. The number of hydrogen-bond acceptors (Lipinski definition) is 3. The Hall–Kier alpha value is -2.04. The normalized spacial score (nSPS) is 11.6. The molecule has 0 radical (unpaired) electrons. The summed E-state index contributed by atoms with van der Waals surface area (Å²) in [6.07, 6.45) is -0.721. The lowest BCUT2D eigenvalue weighted by Gasteiger charge is -2.13. The van der Waals surface area contributed by atoms with Crippen LogP contribution in [0.5, 0.6) is 5.75 Å². The van der Waals surface area contributed by atoms with Crippen molar-refractivity contribution in [1.82, 2.24) is 5.32 Å². The number of amides is 1. The second kappa shape index (κ2) is 5.75. The molecule has 0 aromatic heterocycles. The smallest absolute Gasteiger partial charge is 0.322 e. The Morgan fingerprint density at radius 1 is 1.38 bits per heavy atom. The quantitative estimate of drug-likeness (QED) is 0.768. The Labute approximate surface area is 93.0 Å². The molecule has 0 aliphatic carbocycles. The van der Waals surface area contributed by atoms with Gasteiger partial charge in [0.15, 0.2) is 6.10 Å². The van der Waals surface area contributed by atoms with Crippen LogP contribution in [0.4, 0.5) is 0 Å². The van der Waals surface area contributed by atoms with E-state index in [1.807, 2.05) is 6.07 Å². The van der Waals surface area contributed by atoms with Gasteiger partial charge in [0.05, 0.1) is 0 Å². The molecule has 2 N–H and O–H groups in total. The van der Waals surface area contributed by atoms with E-state index in [0.717, 1.165) is 0 Å². The van der Waals surface area contributed by atoms with Crippen LogP contribution < -0.4 is 10.1 Å². The van der Waals surface area contributed by atoms with Gasteiger partial charge in [-0.05, 0) is 19.1 Å². The van der Waals surface area contributed by atoms with Crippen molar-refractivity contribution in [1.29, 1.82) is 0 Å². The number of rotatable bonds is 5. The minimum absolute atomic E-state index is 0.401. The van der Waals surface area contributed by atoms with Crippen molar-refractivity contribution in [2.24, 2.45) is 0 Å². The number of benzene rings is 1. The molecule has 1 rings (SSSR count). The third-order valence-electron chi connectivity index (χ3n) is 1.84. The predicted molar refractivity (Wildman–Crippen MR) is 57.2 cm³/mol. The van der Waals surface area contributed by atoms with Gasteiger partial charge in [-0.25, -0.2) is 0 Å². The Morgan fingerprint density at radius 3 is 2.56 bits per heavy atom. The number of carbonyl (C=O) groups excluding carboxylic acids is 1. The zero-order chi connectivity index (χ0) is 12.0. The van der Waals surface area contributed by atoms with Crippen LogP contribution in [-0.2, 0) is 9.59 Å². The molecular weight excluding hydrogens is 210 g/mol. The molecular formula is C11H13NO4. The summed E-state index contributed by atoms with van der Waals surface area (Å²) in [5.41, 5.74) is 0. The molecule has 16 heavy (non-hydrogen) atoms. The highest BCUT2D eigenvalue weighted by atomic mass is 16.5. The third-order valence-corrected chi connectivity index (χ3v) is 1.84. The first-order valence-corrected chi connectivity index (χ1v) is 4.81. The fraction of sp³-hybridized carbons (Fsp3) is 0.273. The van der Waals surface area contributed by atoms with Crippen molar-refractivity contribution in [2.75, 3.05) is 6.54 Å². The zero-order valence-corrected chi connectivity index (χ0v) is 8.84. The lowest BCUT2D eigenvalue weighted by atomic mass is 10.3. The van der Waals surface area contributed by atoms with E-state index in [1.165, 1.54) is 0 Å². The Morgan fingerprint density at radius 2 is 2.00 bits per heavy atom. The van der Waals surface area contributed by atoms with Gasteiger partial charge in [-0.3, -0.25) is 9.59 Å². The molecule has 0 heterocycles. The highest BCUT2D eigenvalue weighted by Crippen LogP contribution is 2.10. The van der Waals surface area contributed by atoms with E-state index in [2.05, 4.69) is 5.32 Å². The third kappa shape index (κ3) is 4.00. The molecule has 1 aromatic rings. The van der Waals surface area contributed by atoms with E-state index in [-0.39, 0.29) is 0 Å². The monoisotopic (exact) mass is 223 g/mol. The summed E-state index contributed by atoms with van der Waals surface area (Å²) in [4.78, 5) is 21.6. The number of nitrogens with one attached hydrogen (secondary N) is 1. The van der Waals surface area contributed by atoms with Crippen LogP contribution >= 0.6 is 0 Å². The van der Waals surface area contributed by atoms with Gasteiger partial charge in [0.2, 0.25) is 0 Å². The van der Waals surface area contributed by atoms with Crippen molar-refractivity contribution in [3.05, 3.63) is 30.3 Å². The van der Waals surface area contributed by atoms with Crippen LogP contribution in [0.15, 0.2) is 30.3 Å². The van der Waals surface area contributed by atoms with E-state index >= 15 is 0 Å². The molecule has 1 atom stereocenters. The van der Waals surface area contributed by atoms with Gasteiger partial charge in [-0.1, -0.05) is 18.2 Å². The van der Waals surface area contributed by atoms with Crippen LogP contribution in [0, 0.1) is 0 Å². The lowest BCUT2D eigenvalue weighted by Crippen LogP contribution is -2.38. The summed E-state index contributed by atoms with van der Waals surface area (Å²) in [7, 11) is 0. The number of aliphatic carboxylic acids is 1. The van der Waals surface area contributed by atoms with E-state index < -0.39 is 24.5 Å². The molecule has 0 bridgehead atoms. The summed E-state index contributed by atoms with van der Waals surface area (Å²) in [5.74, 6) is -0.966. The Kier molecular flexibility index (Phi) is 4.32. The maximum Gasteiger partial charge on any atom is 0.322 e. The number of hydrogen-bond donors (Lipinski definition) is 2. The second-order valence-corrected chi connectivity index (χ2v) is 3.18. The predicted octanol–water partition coefficient (Wildman–Crippen LogP) is 0.655. The fourth-order valence-electron chi connectivity index (χ4n) is 1.06. The molecule has 0 saturated heterocycles. The maximum atomic E-state index is 11.4. The van der Waals surface area contributed by atoms with Gasteiger partial charge in [-0.15, -0.1) is 0 Å². The van der Waals surface area contributed by atoms with Gasteiger partial charge < -0.3 is 15.2 Å². The van der Waals surface area contributed by atoms with E-state index in [9.17, 15) is 9.59 Å². The Bertz CT molecular complexity index is 364. The molecule has 0 aliphatic rings. The summed E-state index contributed by atoms with van der Waals surface area (Å²) < 4.78 is 5.30. The molecule has 0 saturated carbocycles. The number of carboxylic acids is 1. The average molecular weight is 223 g/mol. The van der Waals surface area contributed by atoms with E-state index in [0.29, 0.717) is 5.75 Å². The topological polar surface area (TPSA) is 75.6 Å². The molecule has 0 unspecified atom stereocenters. The number of ether oxygens (including phenoxy) is 1. The molecule has 1 aromatic carbocycles. The molecule has 5 nitrogen and oxygen atoms in total. The van der Waals surface area contributed by atoms with Crippen molar-refractivity contribution >= 4 is 11.9 Å². The number of carbonyl (C=O) groups is 2. The zero-order valence-electron chi connectivity index (χ0n) is 8.84. The first kappa shape index (κ1) is 12.0. The molecule has 0 fully saturated rings.